The summed E-state index contributed by atoms with van der Waals surface area (Å²) < 4.78 is 0. The van der Waals surface area contributed by atoms with Crippen molar-refractivity contribution in [1.82, 2.24) is 10.2 Å². The van der Waals surface area contributed by atoms with Gasteiger partial charge in [-0.15, -0.1) is 0 Å². The SMILES string of the molecule is CNCC(C)CN(C)CCO. The van der Waals surface area contributed by atoms with Crippen LogP contribution in [0.2, 0.25) is 0 Å². The average Bonchev–Trinajstić information content (AvgIpc) is 1.87. The molecule has 1 atom stereocenters. The Hall–Kier alpha value is -0.120. The van der Waals surface area contributed by atoms with E-state index in [1.165, 1.54) is 0 Å². The van der Waals surface area contributed by atoms with E-state index in [4.69, 9.17) is 5.11 Å². The first kappa shape index (κ1) is 10.9. The number of likely N-dealkylation sites (N-methyl/N-ethyl adjacent to an activating group) is 1. The molecule has 1 unspecified atom stereocenters. The molecular formula is C8H20N2O. The van der Waals surface area contributed by atoms with E-state index in [-0.39, 0.29) is 6.61 Å². The number of nitrogens with one attached hydrogen (secondary N) is 1. The van der Waals surface area contributed by atoms with Crippen LogP contribution in [0.5, 0.6) is 0 Å². The van der Waals surface area contributed by atoms with Crippen LogP contribution in [0.15, 0.2) is 0 Å². The lowest BCUT2D eigenvalue weighted by Gasteiger charge is -2.19. The van der Waals surface area contributed by atoms with Crippen molar-refractivity contribution in [3.8, 4) is 0 Å². The van der Waals surface area contributed by atoms with Gasteiger partial charge in [-0.3, -0.25) is 0 Å². The monoisotopic (exact) mass is 160 g/mol. The molecule has 0 radical (unpaired) electrons. The van der Waals surface area contributed by atoms with E-state index < -0.39 is 0 Å². The van der Waals surface area contributed by atoms with Crippen LogP contribution in [0.25, 0.3) is 0 Å². The van der Waals surface area contributed by atoms with Gasteiger partial charge in [0.25, 0.3) is 0 Å². The predicted octanol–water partition coefficient (Wildman–Crippen LogP) is -0.234. The number of nitrogens with zero attached hydrogens (tertiary/aromatic N) is 1. The molecule has 2 N–H and O–H groups in total. The van der Waals surface area contributed by atoms with Crippen LogP contribution >= 0.6 is 0 Å². The molecule has 3 nitrogen and oxygen atoms in total. The van der Waals surface area contributed by atoms with Crippen molar-refractivity contribution in [2.45, 2.75) is 6.92 Å². The molecule has 0 aliphatic heterocycles. The van der Waals surface area contributed by atoms with Crippen LogP contribution in [0, 0.1) is 5.92 Å². The summed E-state index contributed by atoms with van der Waals surface area (Å²) >= 11 is 0. The summed E-state index contributed by atoms with van der Waals surface area (Å²) in [7, 11) is 3.99. The molecule has 0 aliphatic carbocycles. The van der Waals surface area contributed by atoms with E-state index in [9.17, 15) is 0 Å². The summed E-state index contributed by atoms with van der Waals surface area (Å²) in [4.78, 5) is 2.14. The second kappa shape index (κ2) is 6.58. The Morgan fingerprint density at radius 1 is 1.55 bits per heavy atom. The van der Waals surface area contributed by atoms with Gasteiger partial charge in [-0.25, -0.2) is 0 Å². The van der Waals surface area contributed by atoms with Crippen LogP contribution in [-0.4, -0.2) is 50.3 Å². The Morgan fingerprint density at radius 2 is 2.18 bits per heavy atom. The highest BCUT2D eigenvalue weighted by molar-refractivity contribution is 4.59. The van der Waals surface area contributed by atoms with E-state index in [0.29, 0.717) is 5.92 Å². The van der Waals surface area contributed by atoms with Crippen molar-refractivity contribution >= 4 is 0 Å². The first-order chi connectivity index (χ1) is 5.20. The molecule has 0 spiro atoms. The van der Waals surface area contributed by atoms with Gasteiger partial charge in [-0.2, -0.15) is 0 Å². The lowest BCUT2D eigenvalue weighted by molar-refractivity contribution is 0.205. The summed E-state index contributed by atoms with van der Waals surface area (Å²) in [6.45, 7) is 5.30. The zero-order chi connectivity index (χ0) is 8.69. The molecule has 0 heterocycles. The lowest BCUT2D eigenvalue weighted by Crippen LogP contribution is -2.31. The first-order valence-corrected chi connectivity index (χ1v) is 4.14. The molecule has 0 rings (SSSR count). The number of hydrogen-bond acceptors (Lipinski definition) is 3. The molecule has 0 aromatic carbocycles. The smallest absolute Gasteiger partial charge is 0.0558 e. The van der Waals surface area contributed by atoms with Gasteiger partial charge < -0.3 is 15.3 Å². The van der Waals surface area contributed by atoms with Crippen molar-refractivity contribution in [1.29, 1.82) is 0 Å². The fraction of sp³-hybridized carbons (Fsp3) is 1.00. The molecule has 3 heteroatoms. The Balaban J connectivity index is 3.32. The third-order valence-electron chi connectivity index (χ3n) is 1.66. The highest BCUT2D eigenvalue weighted by Gasteiger charge is 2.03. The Labute approximate surface area is 69.4 Å². The largest absolute Gasteiger partial charge is 0.395 e. The van der Waals surface area contributed by atoms with Gasteiger partial charge >= 0.3 is 0 Å². The van der Waals surface area contributed by atoms with Gasteiger partial charge in [0.15, 0.2) is 0 Å². The van der Waals surface area contributed by atoms with Crippen LogP contribution in [0.3, 0.4) is 0 Å². The quantitative estimate of drug-likeness (QED) is 0.563. The zero-order valence-corrected chi connectivity index (χ0v) is 7.80. The highest BCUT2D eigenvalue weighted by atomic mass is 16.3. The predicted molar refractivity (Wildman–Crippen MR) is 47.7 cm³/mol. The molecular weight excluding hydrogens is 140 g/mol. The van der Waals surface area contributed by atoms with Crippen LogP contribution in [0.4, 0.5) is 0 Å². The molecule has 0 saturated heterocycles. The van der Waals surface area contributed by atoms with Crippen LogP contribution in [-0.2, 0) is 0 Å². The molecule has 0 saturated carbocycles. The van der Waals surface area contributed by atoms with Gasteiger partial charge in [0.05, 0.1) is 6.61 Å². The summed E-state index contributed by atoms with van der Waals surface area (Å²) in [5.41, 5.74) is 0. The Morgan fingerprint density at radius 3 is 2.64 bits per heavy atom. The molecule has 0 fully saturated rings. The molecule has 0 bridgehead atoms. The van der Waals surface area contributed by atoms with E-state index in [0.717, 1.165) is 19.6 Å². The van der Waals surface area contributed by atoms with E-state index in [1.54, 1.807) is 0 Å². The van der Waals surface area contributed by atoms with Crippen LogP contribution < -0.4 is 5.32 Å². The summed E-state index contributed by atoms with van der Waals surface area (Å²) in [5, 5.41) is 11.7. The van der Waals surface area contributed by atoms with Gasteiger partial charge in [0, 0.05) is 13.1 Å². The van der Waals surface area contributed by atoms with E-state index in [1.807, 2.05) is 14.1 Å². The van der Waals surface area contributed by atoms with Crippen molar-refractivity contribution in [3.63, 3.8) is 0 Å². The summed E-state index contributed by atoms with van der Waals surface area (Å²) in [6.07, 6.45) is 0. The van der Waals surface area contributed by atoms with Gasteiger partial charge in [-0.1, -0.05) is 6.92 Å². The fourth-order valence-electron chi connectivity index (χ4n) is 1.21. The van der Waals surface area contributed by atoms with Crippen molar-refractivity contribution < 1.29 is 5.11 Å². The molecule has 68 valence electrons. The number of aliphatic hydroxyl groups is 1. The molecule has 0 aromatic heterocycles. The lowest BCUT2D eigenvalue weighted by atomic mass is 10.2. The highest BCUT2D eigenvalue weighted by Crippen LogP contribution is 1.94. The second-order valence-corrected chi connectivity index (χ2v) is 3.15. The summed E-state index contributed by atoms with van der Waals surface area (Å²) in [5.74, 6) is 0.650. The fourth-order valence-corrected chi connectivity index (χ4v) is 1.21. The van der Waals surface area contributed by atoms with E-state index in [2.05, 4.69) is 17.1 Å². The minimum Gasteiger partial charge on any atom is -0.395 e. The molecule has 0 aliphatic rings. The first-order valence-electron chi connectivity index (χ1n) is 4.14. The maximum absolute atomic E-state index is 8.62. The second-order valence-electron chi connectivity index (χ2n) is 3.15. The van der Waals surface area contributed by atoms with Gasteiger partial charge in [0.1, 0.15) is 0 Å². The standard InChI is InChI=1S/C8H20N2O/c1-8(6-9-2)7-10(3)4-5-11/h8-9,11H,4-7H2,1-3H3. The maximum Gasteiger partial charge on any atom is 0.0558 e. The molecule has 0 amide bonds. The third kappa shape index (κ3) is 6.28. The Kier molecular flexibility index (Phi) is 6.51. The van der Waals surface area contributed by atoms with Gasteiger partial charge in [0.2, 0.25) is 0 Å². The Bertz CT molecular complexity index is 78.2. The minimum atomic E-state index is 0.253. The molecule has 11 heavy (non-hydrogen) atoms. The number of hydrogen-bond donors (Lipinski definition) is 2. The normalized spacial score (nSPS) is 13.9. The minimum absolute atomic E-state index is 0.253. The zero-order valence-electron chi connectivity index (χ0n) is 7.80. The number of rotatable bonds is 6. The molecule has 0 aromatic rings. The topological polar surface area (TPSA) is 35.5 Å². The van der Waals surface area contributed by atoms with Gasteiger partial charge in [-0.05, 0) is 26.6 Å². The third-order valence-corrected chi connectivity index (χ3v) is 1.66. The summed E-state index contributed by atoms with van der Waals surface area (Å²) in [6, 6.07) is 0. The average molecular weight is 160 g/mol. The number of aliphatic hydroxyl groups excluding tert-OH is 1. The van der Waals surface area contributed by atoms with E-state index >= 15 is 0 Å². The van der Waals surface area contributed by atoms with Crippen LogP contribution in [0.1, 0.15) is 6.92 Å². The maximum atomic E-state index is 8.62. The van der Waals surface area contributed by atoms with Crippen molar-refractivity contribution in [2.75, 3.05) is 40.3 Å². The van der Waals surface area contributed by atoms with Crippen molar-refractivity contribution in [2.24, 2.45) is 5.92 Å². The van der Waals surface area contributed by atoms with Crippen molar-refractivity contribution in [3.05, 3.63) is 0 Å².